The molecule has 0 fully saturated rings. The number of amides is 1. The summed E-state index contributed by atoms with van der Waals surface area (Å²) in [6.45, 7) is 6.03. The van der Waals surface area contributed by atoms with Crippen molar-refractivity contribution < 1.29 is 14.3 Å². The maximum Gasteiger partial charge on any atom is 0.341 e. The number of nitrogens with zero attached hydrogens (tertiary/aromatic N) is 2. The lowest BCUT2D eigenvalue weighted by molar-refractivity contribution is -0.116. The average molecular weight is 454 g/mol. The van der Waals surface area contributed by atoms with E-state index in [0.29, 0.717) is 27.4 Å². The van der Waals surface area contributed by atoms with E-state index in [9.17, 15) is 14.4 Å². The molecule has 1 aromatic carbocycles. The first-order chi connectivity index (χ1) is 15.3. The third-order valence-electron chi connectivity index (χ3n) is 5.62. The minimum absolute atomic E-state index is 0.0948. The SMILES string of the molecule is CC1CCc2c(sc(NC(=O)CCn3cnc4ccccc4c3=O)c2C(=O)OC(C)C)C1. The minimum Gasteiger partial charge on any atom is -0.459 e. The number of hydrogen-bond donors (Lipinski definition) is 1. The van der Waals surface area contributed by atoms with Crippen LogP contribution in [0.1, 0.15) is 54.4 Å². The Morgan fingerprint density at radius 2 is 2.09 bits per heavy atom. The first-order valence-corrected chi connectivity index (χ1v) is 11.7. The lowest BCUT2D eigenvalue weighted by Gasteiger charge is -2.18. The topological polar surface area (TPSA) is 90.3 Å². The summed E-state index contributed by atoms with van der Waals surface area (Å²) in [7, 11) is 0. The molecule has 32 heavy (non-hydrogen) atoms. The molecule has 0 bridgehead atoms. The summed E-state index contributed by atoms with van der Waals surface area (Å²) < 4.78 is 6.90. The molecular formula is C24H27N3O4S. The second-order valence-corrected chi connectivity index (χ2v) is 9.67. The van der Waals surface area contributed by atoms with Crippen molar-refractivity contribution >= 4 is 39.1 Å². The highest BCUT2D eigenvalue weighted by molar-refractivity contribution is 7.17. The molecule has 168 valence electrons. The molecule has 1 aliphatic carbocycles. The van der Waals surface area contributed by atoms with E-state index in [1.54, 1.807) is 18.2 Å². The van der Waals surface area contributed by atoms with Gasteiger partial charge < -0.3 is 10.1 Å². The summed E-state index contributed by atoms with van der Waals surface area (Å²) in [5.74, 6) is -0.0986. The Morgan fingerprint density at radius 1 is 1.31 bits per heavy atom. The van der Waals surface area contributed by atoms with Crippen molar-refractivity contribution in [1.29, 1.82) is 0 Å². The third kappa shape index (κ3) is 4.60. The number of benzene rings is 1. The number of ether oxygens (including phenoxy) is 1. The Hall–Kier alpha value is -3.00. The zero-order valence-corrected chi connectivity index (χ0v) is 19.3. The molecule has 7 nitrogen and oxygen atoms in total. The molecule has 0 saturated heterocycles. The number of thiophene rings is 1. The van der Waals surface area contributed by atoms with Crippen LogP contribution in [0.15, 0.2) is 35.4 Å². The zero-order valence-electron chi connectivity index (χ0n) is 18.5. The van der Waals surface area contributed by atoms with Crippen LogP contribution in [-0.2, 0) is 28.9 Å². The first-order valence-electron chi connectivity index (χ1n) is 10.9. The molecule has 3 aromatic rings. The number of carbonyl (C=O) groups excluding carboxylic acids is 2. The highest BCUT2D eigenvalue weighted by Crippen LogP contribution is 2.40. The predicted molar refractivity (Wildman–Crippen MR) is 125 cm³/mol. The molecule has 0 aliphatic heterocycles. The Kier molecular flexibility index (Phi) is 6.41. The van der Waals surface area contributed by atoms with Gasteiger partial charge in [-0.2, -0.15) is 0 Å². The maximum absolute atomic E-state index is 12.8. The Balaban J connectivity index is 1.52. The highest BCUT2D eigenvalue weighted by Gasteiger charge is 2.29. The van der Waals surface area contributed by atoms with E-state index < -0.39 is 5.97 Å². The number of fused-ring (bicyclic) bond motifs is 2. The van der Waals surface area contributed by atoms with Crippen LogP contribution < -0.4 is 10.9 Å². The average Bonchev–Trinajstić information content (AvgIpc) is 3.09. The lowest BCUT2D eigenvalue weighted by atomic mass is 9.88. The maximum atomic E-state index is 12.8. The number of anilines is 1. The number of esters is 1. The first kappa shape index (κ1) is 22.2. The highest BCUT2D eigenvalue weighted by atomic mass is 32.1. The minimum atomic E-state index is -0.391. The number of para-hydroxylation sites is 1. The van der Waals surface area contributed by atoms with Crippen LogP contribution in [0.4, 0.5) is 5.00 Å². The van der Waals surface area contributed by atoms with Gasteiger partial charge in [0.1, 0.15) is 5.00 Å². The van der Waals surface area contributed by atoms with Crippen molar-refractivity contribution in [2.75, 3.05) is 5.32 Å². The van der Waals surface area contributed by atoms with E-state index >= 15 is 0 Å². The Bertz CT molecular complexity index is 1230. The van der Waals surface area contributed by atoms with E-state index in [1.807, 2.05) is 19.9 Å². The van der Waals surface area contributed by atoms with Crippen molar-refractivity contribution in [3.05, 3.63) is 57.0 Å². The summed E-state index contributed by atoms with van der Waals surface area (Å²) in [5, 5.41) is 3.97. The van der Waals surface area contributed by atoms with Crippen molar-refractivity contribution in [1.82, 2.24) is 9.55 Å². The van der Waals surface area contributed by atoms with Gasteiger partial charge in [-0.05, 0) is 56.7 Å². The molecule has 0 spiro atoms. The molecule has 2 heterocycles. The molecule has 1 atom stereocenters. The normalized spacial score (nSPS) is 15.6. The van der Waals surface area contributed by atoms with Gasteiger partial charge in [-0.3, -0.25) is 14.2 Å². The van der Waals surface area contributed by atoms with Crippen LogP contribution in [0.25, 0.3) is 10.9 Å². The van der Waals surface area contributed by atoms with Crippen molar-refractivity contribution in [2.45, 2.75) is 59.1 Å². The zero-order chi connectivity index (χ0) is 22.8. The van der Waals surface area contributed by atoms with Crippen LogP contribution in [-0.4, -0.2) is 27.5 Å². The molecule has 1 unspecified atom stereocenters. The fourth-order valence-corrected chi connectivity index (χ4v) is 5.42. The summed E-state index contributed by atoms with van der Waals surface area (Å²) in [5.41, 5.74) is 1.95. The lowest BCUT2D eigenvalue weighted by Crippen LogP contribution is -2.24. The standard InChI is InChI=1S/C24H27N3O4S/c1-14(2)31-24(30)21-17-9-8-15(3)12-19(17)32-22(21)26-20(28)10-11-27-13-25-18-7-5-4-6-16(18)23(27)29/h4-7,13-15H,8-12H2,1-3H3,(H,26,28). The number of rotatable bonds is 6. The molecule has 8 heteroatoms. The monoisotopic (exact) mass is 453 g/mol. The van der Waals surface area contributed by atoms with Crippen LogP contribution in [0.2, 0.25) is 0 Å². The Labute approximate surface area is 190 Å². The van der Waals surface area contributed by atoms with Crippen LogP contribution in [0, 0.1) is 5.92 Å². The summed E-state index contributed by atoms with van der Waals surface area (Å²) in [6, 6.07) is 7.13. The number of aromatic nitrogens is 2. The second kappa shape index (κ2) is 9.24. The Morgan fingerprint density at radius 3 is 2.88 bits per heavy atom. The van der Waals surface area contributed by atoms with Gasteiger partial charge >= 0.3 is 5.97 Å². The number of nitrogens with one attached hydrogen (secondary N) is 1. The smallest absolute Gasteiger partial charge is 0.341 e. The summed E-state index contributed by atoms with van der Waals surface area (Å²) in [4.78, 5) is 43.6. The van der Waals surface area contributed by atoms with Crippen LogP contribution in [0.5, 0.6) is 0 Å². The number of hydrogen-bond acceptors (Lipinski definition) is 6. The fourth-order valence-electron chi connectivity index (χ4n) is 4.00. The number of aryl methyl sites for hydroxylation is 1. The van der Waals surface area contributed by atoms with Gasteiger partial charge in [-0.25, -0.2) is 9.78 Å². The molecular weight excluding hydrogens is 426 g/mol. The van der Waals surface area contributed by atoms with Gasteiger partial charge in [0.25, 0.3) is 5.56 Å². The van der Waals surface area contributed by atoms with Gasteiger partial charge in [-0.1, -0.05) is 19.1 Å². The molecule has 0 saturated carbocycles. The molecule has 0 radical (unpaired) electrons. The van der Waals surface area contributed by atoms with Crippen molar-refractivity contribution in [3.8, 4) is 0 Å². The molecule has 1 amide bonds. The van der Waals surface area contributed by atoms with Crippen LogP contribution >= 0.6 is 11.3 Å². The summed E-state index contributed by atoms with van der Waals surface area (Å²) in [6.07, 6.45) is 4.04. The van der Waals surface area contributed by atoms with E-state index in [2.05, 4.69) is 17.2 Å². The quantitative estimate of drug-likeness (QED) is 0.566. The van der Waals surface area contributed by atoms with Gasteiger partial charge in [0.05, 0.1) is 28.9 Å². The van der Waals surface area contributed by atoms with E-state index in [-0.39, 0.29) is 30.5 Å². The van der Waals surface area contributed by atoms with Crippen LogP contribution in [0.3, 0.4) is 0 Å². The number of carbonyl (C=O) groups is 2. The van der Waals surface area contributed by atoms with Crippen molar-refractivity contribution in [2.24, 2.45) is 5.92 Å². The van der Waals surface area contributed by atoms with Gasteiger partial charge in [0.15, 0.2) is 0 Å². The van der Waals surface area contributed by atoms with E-state index in [4.69, 9.17) is 4.74 Å². The van der Waals surface area contributed by atoms with Gasteiger partial charge in [0, 0.05) is 17.8 Å². The third-order valence-corrected chi connectivity index (χ3v) is 6.79. The molecule has 1 N–H and O–H groups in total. The predicted octanol–water partition coefficient (Wildman–Crippen LogP) is 4.18. The van der Waals surface area contributed by atoms with E-state index in [1.165, 1.54) is 22.2 Å². The largest absolute Gasteiger partial charge is 0.459 e. The summed E-state index contributed by atoms with van der Waals surface area (Å²) >= 11 is 1.46. The molecule has 1 aliphatic rings. The van der Waals surface area contributed by atoms with E-state index in [0.717, 1.165) is 29.7 Å². The molecule has 4 rings (SSSR count). The van der Waals surface area contributed by atoms with Crippen molar-refractivity contribution in [3.63, 3.8) is 0 Å². The second-order valence-electron chi connectivity index (χ2n) is 8.57. The van der Waals surface area contributed by atoms with Gasteiger partial charge in [-0.15, -0.1) is 11.3 Å². The molecule has 2 aromatic heterocycles. The fraction of sp³-hybridized carbons (Fsp3) is 0.417. The van der Waals surface area contributed by atoms with Gasteiger partial charge in [0.2, 0.25) is 5.91 Å².